The fourth-order valence-corrected chi connectivity index (χ4v) is 2.77. The highest BCUT2D eigenvalue weighted by molar-refractivity contribution is 5.75. The fraction of sp³-hybridized carbons (Fsp3) is 0.857. The summed E-state index contributed by atoms with van der Waals surface area (Å²) < 4.78 is 0. The maximum absolute atomic E-state index is 11.7. The average molecular weight is 270 g/mol. The number of carbonyl (C=O) groups is 2. The highest BCUT2D eigenvalue weighted by Crippen LogP contribution is 2.27. The number of hydrogen-bond acceptors (Lipinski definition) is 2. The molecule has 0 aromatic heterocycles. The van der Waals surface area contributed by atoms with Gasteiger partial charge in [0, 0.05) is 12.1 Å². The zero-order valence-corrected chi connectivity index (χ0v) is 11.9. The number of nitrogens with one attached hydrogen (secondary N) is 2. The summed E-state index contributed by atoms with van der Waals surface area (Å²) in [5, 5.41) is 14.2. The van der Waals surface area contributed by atoms with E-state index in [1.54, 1.807) is 6.92 Å². The third-order valence-corrected chi connectivity index (χ3v) is 3.74. The van der Waals surface area contributed by atoms with Crippen LogP contribution in [0.1, 0.15) is 58.8 Å². The fourth-order valence-electron chi connectivity index (χ4n) is 2.77. The van der Waals surface area contributed by atoms with Crippen LogP contribution in [0.2, 0.25) is 0 Å². The van der Waals surface area contributed by atoms with E-state index in [0.29, 0.717) is 0 Å². The van der Waals surface area contributed by atoms with E-state index in [-0.39, 0.29) is 24.5 Å². The van der Waals surface area contributed by atoms with Crippen LogP contribution in [0.4, 0.5) is 4.79 Å². The van der Waals surface area contributed by atoms with E-state index in [0.717, 1.165) is 18.8 Å². The smallest absolute Gasteiger partial charge is 0.315 e. The highest BCUT2D eigenvalue weighted by Gasteiger charge is 2.22. The summed E-state index contributed by atoms with van der Waals surface area (Å²) in [6.07, 6.45) is 6.91. The number of amides is 2. The van der Waals surface area contributed by atoms with Gasteiger partial charge in [0.05, 0.1) is 6.42 Å². The van der Waals surface area contributed by atoms with Crippen molar-refractivity contribution in [3.05, 3.63) is 0 Å². The number of carboxylic acids is 1. The molecule has 0 aromatic carbocycles. The summed E-state index contributed by atoms with van der Waals surface area (Å²) in [6.45, 7) is 3.91. The van der Waals surface area contributed by atoms with Crippen LogP contribution in [0.25, 0.3) is 0 Å². The SMILES string of the molecule is CCCC1CCC(NC(=O)NC(C)CC(=O)O)CC1. The molecular weight excluding hydrogens is 244 g/mol. The molecule has 1 saturated carbocycles. The third-order valence-electron chi connectivity index (χ3n) is 3.74. The quantitative estimate of drug-likeness (QED) is 0.694. The zero-order chi connectivity index (χ0) is 14.3. The first kappa shape index (κ1) is 15.8. The molecule has 0 aromatic rings. The second-order valence-corrected chi connectivity index (χ2v) is 5.62. The predicted octanol–water partition coefficient (Wildman–Crippen LogP) is 2.51. The lowest BCUT2D eigenvalue weighted by Gasteiger charge is -2.29. The molecule has 110 valence electrons. The van der Waals surface area contributed by atoms with Crippen LogP contribution in [-0.2, 0) is 4.79 Å². The van der Waals surface area contributed by atoms with Crippen LogP contribution in [0.5, 0.6) is 0 Å². The lowest BCUT2D eigenvalue weighted by molar-refractivity contribution is -0.137. The van der Waals surface area contributed by atoms with Crippen molar-refractivity contribution in [2.45, 2.75) is 70.9 Å². The van der Waals surface area contributed by atoms with Crippen molar-refractivity contribution < 1.29 is 14.7 Å². The Hall–Kier alpha value is -1.26. The second kappa shape index (κ2) is 8.02. The van der Waals surface area contributed by atoms with Gasteiger partial charge in [0.25, 0.3) is 0 Å². The molecule has 1 atom stereocenters. The lowest BCUT2D eigenvalue weighted by Crippen LogP contribution is -2.46. The van der Waals surface area contributed by atoms with E-state index in [9.17, 15) is 9.59 Å². The van der Waals surface area contributed by atoms with Gasteiger partial charge in [0.1, 0.15) is 0 Å². The average Bonchev–Trinajstić information content (AvgIpc) is 2.30. The summed E-state index contributed by atoms with van der Waals surface area (Å²) in [4.78, 5) is 22.2. The Morgan fingerprint density at radius 2 is 1.89 bits per heavy atom. The van der Waals surface area contributed by atoms with E-state index in [1.165, 1.54) is 25.7 Å². The van der Waals surface area contributed by atoms with Crippen LogP contribution in [-0.4, -0.2) is 29.2 Å². The molecule has 0 spiro atoms. The van der Waals surface area contributed by atoms with Crippen molar-refractivity contribution in [3.8, 4) is 0 Å². The molecule has 1 fully saturated rings. The molecule has 0 radical (unpaired) electrons. The van der Waals surface area contributed by atoms with Crippen LogP contribution in [0.3, 0.4) is 0 Å². The molecule has 3 N–H and O–H groups in total. The Kier molecular flexibility index (Phi) is 6.67. The van der Waals surface area contributed by atoms with Gasteiger partial charge in [-0.2, -0.15) is 0 Å². The number of carboxylic acid groups (broad SMARTS) is 1. The van der Waals surface area contributed by atoms with Gasteiger partial charge in [-0.1, -0.05) is 19.8 Å². The summed E-state index contributed by atoms with van der Waals surface area (Å²) in [7, 11) is 0. The maximum atomic E-state index is 11.7. The monoisotopic (exact) mass is 270 g/mol. The molecule has 1 unspecified atom stereocenters. The summed E-state index contributed by atoms with van der Waals surface area (Å²) in [6, 6.07) is -0.341. The Balaban J connectivity index is 2.21. The third kappa shape index (κ3) is 6.45. The Morgan fingerprint density at radius 3 is 2.42 bits per heavy atom. The van der Waals surface area contributed by atoms with Crippen molar-refractivity contribution in [3.63, 3.8) is 0 Å². The molecule has 0 saturated heterocycles. The minimum Gasteiger partial charge on any atom is -0.481 e. The molecule has 1 rings (SSSR count). The van der Waals surface area contributed by atoms with Crippen LogP contribution >= 0.6 is 0 Å². The molecule has 5 nitrogen and oxygen atoms in total. The molecule has 0 aliphatic heterocycles. The minimum absolute atomic E-state index is 0.0450. The van der Waals surface area contributed by atoms with Gasteiger partial charge in [-0.05, 0) is 38.5 Å². The van der Waals surface area contributed by atoms with Gasteiger partial charge in [-0.15, -0.1) is 0 Å². The zero-order valence-electron chi connectivity index (χ0n) is 11.9. The van der Waals surface area contributed by atoms with E-state index in [1.807, 2.05) is 0 Å². The van der Waals surface area contributed by atoms with Gasteiger partial charge in [0.15, 0.2) is 0 Å². The first-order valence-corrected chi connectivity index (χ1v) is 7.30. The molecule has 1 aliphatic carbocycles. The first-order chi connectivity index (χ1) is 9.01. The molecule has 19 heavy (non-hydrogen) atoms. The van der Waals surface area contributed by atoms with Crippen molar-refractivity contribution in [1.82, 2.24) is 10.6 Å². The van der Waals surface area contributed by atoms with E-state index >= 15 is 0 Å². The topological polar surface area (TPSA) is 78.4 Å². The summed E-state index contributed by atoms with van der Waals surface area (Å²) in [5.41, 5.74) is 0. The molecule has 0 bridgehead atoms. The van der Waals surface area contributed by atoms with Crippen LogP contribution < -0.4 is 10.6 Å². The number of carbonyl (C=O) groups excluding carboxylic acids is 1. The second-order valence-electron chi connectivity index (χ2n) is 5.62. The largest absolute Gasteiger partial charge is 0.481 e. The standard InChI is InChI=1S/C14H26N2O3/c1-3-4-11-5-7-12(8-6-11)16-14(19)15-10(2)9-13(17)18/h10-12H,3-9H2,1-2H3,(H,17,18)(H2,15,16,19). The minimum atomic E-state index is -0.895. The first-order valence-electron chi connectivity index (χ1n) is 7.30. The van der Waals surface area contributed by atoms with Crippen LogP contribution in [0.15, 0.2) is 0 Å². The van der Waals surface area contributed by atoms with E-state index < -0.39 is 5.97 Å². The summed E-state index contributed by atoms with van der Waals surface area (Å²) >= 11 is 0. The van der Waals surface area contributed by atoms with Gasteiger partial charge >= 0.3 is 12.0 Å². The molecule has 5 heteroatoms. The van der Waals surface area contributed by atoms with Crippen molar-refractivity contribution in [1.29, 1.82) is 0 Å². The Bertz CT molecular complexity index is 299. The van der Waals surface area contributed by atoms with Gasteiger partial charge in [-0.3, -0.25) is 4.79 Å². The number of rotatable bonds is 6. The van der Waals surface area contributed by atoms with E-state index in [2.05, 4.69) is 17.6 Å². The van der Waals surface area contributed by atoms with E-state index in [4.69, 9.17) is 5.11 Å². The van der Waals surface area contributed by atoms with Gasteiger partial charge in [-0.25, -0.2) is 4.79 Å². The molecule has 0 heterocycles. The Morgan fingerprint density at radius 1 is 1.26 bits per heavy atom. The number of aliphatic carboxylic acids is 1. The van der Waals surface area contributed by atoms with Crippen molar-refractivity contribution in [2.24, 2.45) is 5.92 Å². The van der Waals surface area contributed by atoms with Crippen molar-refractivity contribution in [2.75, 3.05) is 0 Å². The lowest BCUT2D eigenvalue weighted by atomic mass is 9.83. The van der Waals surface area contributed by atoms with Gasteiger partial charge < -0.3 is 15.7 Å². The highest BCUT2D eigenvalue weighted by atomic mass is 16.4. The maximum Gasteiger partial charge on any atom is 0.315 e. The van der Waals surface area contributed by atoms with Gasteiger partial charge in [0.2, 0.25) is 0 Å². The summed E-state index contributed by atoms with van der Waals surface area (Å²) in [5.74, 6) is -0.0788. The Labute approximate surface area is 115 Å². The predicted molar refractivity (Wildman–Crippen MR) is 74.0 cm³/mol. The van der Waals surface area contributed by atoms with Crippen LogP contribution in [0, 0.1) is 5.92 Å². The molecule has 1 aliphatic rings. The number of hydrogen-bond donors (Lipinski definition) is 3. The molecule has 2 amide bonds. The molecular formula is C14H26N2O3. The number of urea groups is 1. The normalized spacial score (nSPS) is 24.5. The van der Waals surface area contributed by atoms with Crippen molar-refractivity contribution >= 4 is 12.0 Å².